The summed E-state index contributed by atoms with van der Waals surface area (Å²) < 4.78 is 0. The number of unbranched alkanes of at least 4 members (excludes halogenated alkanes) is 1. The van der Waals surface area contributed by atoms with Crippen LogP contribution in [0.3, 0.4) is 0 Å². The normalized spacial score (nSPS) is 11.1. The van der Waals surface area contributed by atoms with Gasteiger partial charge in [-0.2, -0.15) is 0 Å². The minimum absolute atomic E-state index is 1.29. The van der Waals surface area contributed by atoms with E-state index >= 15 is 0 Å². The van der Waals surface area contributed by atoms with Crippen molar-refractivity contribution < 1.29 is 15.5 Å². The molecule has 0 aromatic heterocycles. The lowest BCUT2D eigenvalue weighted by molar-refractivity contribution is -0.860. The SMILES string of the molecule is C[NH2+]CCCC[NH2+]CCC[NH+](C)C. The molecule has 0 amide bonds. The molecule has 0 saturated heterocycles. The molecule has 13 heavy (non-hydrogen) atoms. The third kappa shape index (κ3) is 11.9. The minimum Gasteiger partial charge on any atom is -0.349 e. The quantitative estimate of drug-likeness (QED) is 0.326. The van der Waals surface area contributed by atoms with Gasteiger partial charge in [0.25, 0.3) is 0 Å². The summed E-state index contributed by atoms with van der Waals surface area (Å²) in [6.07, 6.45) is 4.09. The summed E-state index contributed by atoms with van der Waals surface area (Å²) in [6, 6.07) is 0. The first kappa shape index (κ1) is 12.9. The van der Waals surface area contributed by atoms with E-state index in [2.05, 4.69) is 31.8 Å². The Labute approximate surface area is 82.9 Å². The van der Waals surface area contributed by atoms with Gasteiger partial charge < -0.3 is 15.5 Å². The van der Waals surface area contributed by atoms with Crippen molar-refractivity contribution in [3.63, 3.8) is 0 Å². The van der Waals surface area contributed by atoms with Gasteiger partial charge in [-0.3, -0.25) is 0 Å². The van der Waals surface area contributed by atoms with Gasteiger partial charge in [-0.25, -0.2) is 0 Å². The molecule has 0 unspecified atom stereocenters. The molecule has 0 spiro atoms. The summed E-state index contributed by atoms with van der Waals surface area (Å²) >= 11 is 0. The molecule has 0 rings (SSSR count). The Morgan fingerprint density at radius 1 is 0.923 bits per heavy atom. The summed E-state index contributed by atoms with van der Waals surface area (Å²) in [7, 11) is 6.58. The van der Waals surface area contributed by atoms with Crippen LogP contribution in [0.15, 0.2) is 0 Å². The fraction of sp³-hybridized carbons (Fsp3) is 1.00. The molecule has 0 aromatic carbocycles. The average Bonchev–Trinajstić information content (AvgIpc) is 2.09. The zero-order valence-corrected chi connectivity index (χ0v) is 9.60. The van der Waals surface area contributed by atoms with Crippen LogP contribution < -0.4 is 15.5 Å². The summed E-state index contributed by atoms with van der Waals surface area (Å²) in [5, 5.41) is 4.72. The lowest BCUT2D eigenvalue weighted by Crippen LogP contribution is -3.06. The van der Waals surface area contributed by atoms with Crippen LogP contribution in [0.25, 0.3) is 0 Å². The molecule has 0 saturated carbocycles. The number of quaternary nitrogens is 3. The zero-order chi connectivity index (χ0) is 9.94. The van der Waals surface area contributed by atoms with E-state index in [9.17, 15) is 0 Å². The van der Waals surface area contributed by atoms with Crippen LogP contribution in [0.5, 0.6) is 0 Å². The van der Waals surface area contributed by atoms with Crippen molar-refractivity contribution in [2.24, 2.45) is 0 Å². The van der Waals surface area contributed by atoms with Crippen molar-refractivity contribution in [3.8, 4) is 0 Å². The monoisotopic (exact) mass is 190 g/mol. The molecule has 5 N–H and O–H groups in total. The van der Waals surface area contributed by atoms with Crippen LogP contribution >= 0.6 is 0 Å². The van der Waals surface area contributed by atoms with Crippen molar-refractivity contribution in [1.29, 1.82) is 0 Å². The van der Waals surface area contributed by atoms with E-state index in [4.69, 9.17) is 0 Å². The third-order valence-corrected chi connectivity index (χ3v) is 2.24. The molecule has 0 aliphatic heterocycles. The van der Waals surface area contributed by atoms with Crippen LogP contribution in [-0.4, -0.2) is 47.3 Å². The Bertz CT molecular complexity index is 94.2. The number of nitrogens with two attached hydrogens (primary N) is 2. The standard InChI is InChI=1S/C10H25N3/c1-11-7-4-5-8-12-9-6-10-13(2)3/h11-12H,4-10H2,1-3H3/p+3. The average molecular weight is 190 g/mol. The molecule has 0 aliphatic rings. The van der Waals surface area contributed by atoms with Gasteiger partial charge in [-0.1, -0.05) is 0 Å². The van der Waals surface area contributed by atoms with Crippen LogP contribution in [0, 0.1) is 0 Å². The second-order valence-electron chi connectivity index (χ2n) is 4.08. The van der Waals surface area contributed by atoms with Crippen LogP contribution in [0.4, 0.5) is 0 Å². The van der Waals surface area contributed by atoms with E-state index in [1.165, 1.54) is 45.4 Å². The molecule has 0 aliphatic carbocycles. The molecular weight excluding hydrogens is 162 g/mol. The predicted octanol–water partition coefficient (Wildman–Crippen LogP) is -2.94. The minimum atomic E-state index is 1.29. The van der Waals surface area contributed by atoms with E-state index in [-0.39, 0.29) is 0 Å². The smallest absolute Gasteiger partial charge is 0.0821 e. The fourth-order valence-corrected chi connectivity index (χ4v) is 1.38. The van der Waals surface area contributed by atoms with Crippen LogP contribution in [-0.2, 0) is 0 Å². The molecule has 3 heteroatoms. The molecule has 80 valence electrons. The topological polar surface area (TPSA) is 37.7 Å². The highest BCUT2D eigenvalue weighted by Crippen LogP contribution is 1.77. The van der Waals surface area contributed by atoms with Gasteiger partial charge in [0.1, 0.15) is 0 Å². The lowest BCUT2D eigenvalue weighted by atomic mass is 10.3. The highest BCUT2D eigenvalue weighted by Gasteiger charge is 1.95. The Hall–Kier alpha value is -0.120. The van der Waals surface area contributed by atoms with Gasteiger partial charge in [-0.05, 0) is 0 Å². The first-order valence-electron chi connectivity index (χ1n) is 5.66. The van der Waals surface area contributed by atoms with Gasteiger partial charge >= 0.3 is 0 Å². The van der Waals surface area contributed by atoms with Gasteiger partial charge in [0.05, 0.1) is 47.3 Å². The van der Waals surface area contributed by atoms with Crippen LogP contribution in [0.1, 0.15) is 19.3 Å². The maximum Gasteiger partial charge on any atom is 0.0821 e. The molecule has 0 bridgehead atoms. The molecule has 0 heterocycles. The summed E-state index contributed by atoms with van der Waals surface area (Å²) in [6.45, 7) is 5.21. The Kier molecular flexibility index (Phi) is 9.87. The highest BCUT2D eigenvalue weighted by molar-refractivity contribution is 4.32. The van der Waals surface area contributed by atoms with E-state index in [1.54, 1.807) is 4.90 Å². The maximum atomic E-state index is 2.46. The Morgan fingerprint density at radius 3 is 2.15 bits per heavy atom. The van der Waals surface area contributed by atoms with E-state index in [0.29, 0.717) is 0 Å². The van der Waals surface area contributed by atoms with Crippen LogP contribution in [0.2, 0.25) is 0 Å². The van der Waals surface area contributed by atoms with Crippen molar-refractivity contribution >= 4 is 0 Å². The van der Waals surface area contributed by atoms with E-state index < -0.39 is 0 Å². The number of nitrogens with one attached hydrogen (secondary N) is 1. The predicted molar refractivity (Wildman–Crippen MR) is 55.9 cm³/mol. The number of rotatable bonds is 9. The molecule has 0 radical (unpaired) electrons. The summed E-state index contributed by atoms with van der Waals surface area (Å²) in [5.41, 5.74) is 0. The number of hydrogen-bond acceptors (Lipinski definition) is 0. The van der Waals surface area contributed by atoms with E-state index in [0.717, 1.165) is 0 Å². The number of hydrogen-bond donors (Lipinski definition) is 3. The summed E-state index contributed by atoms with van der Waals surface area (Å²) in [5.74, 6) is 0. The first-order chi connectivity index (χ1) is 6.27. The van der Waals surface area contributed by atoms with Crippen molar-refractivity contribution in [2.45, 2.75) is 19.3 Å². The van der Waals surface area contributed by atoms with Crippen molar-refractivity contribution in [2.75, 3.05) is 47.3 Å². The van der Waals surface area contributed by atoms with Gasteiger partial charge in [0, 0.05) is 19.3 Å². The Morgan fingerprint density at radius 2 is 1.54 bits per heavy atom. The second-order valence-corrected chi connectivity index (χ2v) is 4.08. The fourth-order valence-electron chi connectivity index (χ4n) is 1.38. The van der Waals surface area contributed by atoms with Gasteiger partial charge in [0.2, 0.25) is 0 Å². The summed E-state index contributed by atoms with van der Waals surface area (Å²) in [4.78, 5) is 1.56. The van der Waals surface area contributed by atoms with E-state index in [1.807, 2.05) is 0 Å². The third-order valence-electron chi connectivity index (χ3n) is 2.24. The molecule has 3 nitrogen and oxygen atoms in total. The largest absolute Gasteiger partial charge is 0.349 e. The molecule has 0 aromatic rings. The molecule has 0 atom stereocenters. The molecule has 0 fully saturated rings. The Balaban J connectivity index is 2.84. The first-order valence-corrected chi connectivity index (χ1v) is 5.66. The second kappa shape index (κ2) is 9.96. The highest BCUT2D eigenvalue weighted by atomic mass is 15.0. The van der Waals surface area contributed by atoms with Gasteiger partial charge in [-0.15, -0.1) is 0 Å². The maximum absolute atomic E-state index is 2.46. The van der Waals surface area contributed by atoms with Crippen molar-refractivity contribution in [1.82, 2.24) is 0 Å². The van der Waals surface area contributed by atoms with Gasteiger partial charge in [0.15, 0.2) is 0 Å². The lowest BCUT2D eigenvalue weighted by Gasteiger charge is -2.05. The molecular formula is C10H28N3+3. The van der Waals surface area contributed by atoms with Crippen molar-refractivity contribution in [3.05, 3.63) is 0 Å². The zero-order valence-electron chi connectivity index (χ0n) is 9.60.